The first kappa shape index (κ1) is 18.1. The molecule has 2 N–H and O–H groups in total. The average molecular weight is 339 g/mol. The predicted molar refractivity (Wildman–Crippen MR) is 94.2 cm³/mol. The van der Waals surface area contributed by atoms with Crippen LogP contribution in [0, 0.1) is 0 Å². The quantitative estimate of drug-likeness (QED) is 0.887. The highest BCUT2D eigenvalue weighted by molar-refractivity contribution is 5.85. The number of carbonyl (C=O) groups excluding carboxylic acids is 1. The highest BCUT2D eigenvalue weighted by Gasteiger charge is 2.32. The lowest BCUT2D eigenvalue weighted by Gasteiger charge is -2.32. The van der Waals surface area contributed by atoms with E-state index in [0.29, 0.717) is 6.42 Å². The molecule has 5 heteroatoms. The lowest BCUT2D eigenvalue weighted by atomic mass is 9.93. The van der Waals surface area contributed by atoms with Crippen LogP contribution in [0.4, 0.5) is 0 Å². The molecule has 3 rings (SSSR count). The zero-order valence-electron chi connectivity index (χ0n) is 14.2. The summed E-state index contributed by atoms with van der Waals surface area (Å²) in [7, 11) is 0. The Labute approximate surface area is 144 Å². The van der Waals surface area contributed by atoms with Gasteiger partial charge in [0.05, 0.1) is 5.54 Å². The number of nitrogens with one attached hydrogen (secondary N) is 2. The Hall–Kier alpha value is -1.26. The zero-order chi connectivity index (χ0) is 15.8. The average Bonchev–Trinajstić information content (AvgIpc) is 2.78. The first-order chi connectivity index (χ1) is 10.4. The van der Waals surface area contributed by atoms with E-state index in [-0.39, 0.29) is 29.5 Å². The number of benzene rings is 1. The van der Waals surface area contributed by atoms with Gasteiger partial charge in [-0.15, -0.1) is 12.4 Å². The standard InChI is InChI=1S/C18H26N2O2.ClH/c1-17(2)8-6-14-10-13(4-5-15(14)22-17)11-19-12-18(3)9-7-16(21)20-18;/h4-5,10,19H,6-9,11-12H2,1-3H3,(H,20,21);1H. The van der Waals surface area contributed by atoms with E-state index in [1.165, 1.54) is 11.1 Å². The number of carbonyl (C=O) groups is 1. The molecule has 1 fully saturated rings. The minimum atomic E-state index is -0.0988. The molecule has 2 aliphatic rings. The van der Waals surface area contributed by atoms with Crippen molar-refractivity contribution in [3.05, 3.63) is 29.3 Å². The van der Waals surface area contributed by atoms with Gasteiger partial charge in [-0.2, -0.15) is 0 Å². The maximum atomic E-state index is 11.4. The molecule has 0 aromatic heterocycles. The summed E-state index contributed by atoms with van der Waals surface area (Å²) in [6.45, 7) is 8.01. The van der Waals surface area contributed by atoms with Crippen LogP contribution in [0.3, 0.4) is 0 Å². The van der Waals surface area contributed by atoms with Crippen LogP contribution in [-0.2, 0) is 17.8 Å². The van der Waals surface area contributed by atoms with E-state index in [4.69, 9.17) is 4.74 Å². The van der Waals surface area contributed by atoms with Crippen molar-refractivity contribution in [2.45, 2.75) is 64.1 Å². The van der Waals surface area contributed by atoms with Crippen LogP contribution in [0.25, 0.3) is 0 Å². The number of ether oxygens (including phenoxy) is 1. The first-order valence-corrected chi connectivity index (χ1v) is 8.18. The summed E-state index contributed by atoms with van der Waals surface area (Å²) >= 11 is 0. The molecule has 23 heavy (non-hydrogen) atoms. The van der Waals surface area contributed by atoms with Gasteiger partial charge in [-0.3, -0.25) is 4.79 Å². The Morgan fingerprint density at radius 2 is 2.00 bits per heavy atom. The molecule has 2 aliphatic heterocycles. The highest BCUT2D eigenvalue weighted by atomic mass is 35.5. The van der Waals surface area contributed by atoms with Crippen molar-refractivity contribution in [2.24, 2.45) is 0 Å². The maximum Gasteiger partial charge on any atom is 0.220 e. The fourth-order valence-electron chi connectivity index (χ4n) is 3.29. The van der Waals surface area contributed by atoms with E-state index >= 15 is 0 Å². The van der Waals surface area contributed by atoms with Gasteiger partial charge in [0.1, 0.15) is 11.4 Å². The Bertz CT molecular complexity index is 588. The topological polar surface area (TPSA) is 50.4 Å². The Kier molecular flexibility index (Phi) is 5.27. The number of amides is 1. The van der Waals surface area contributed by atoms with Gasteiger partial charge in [-0.1, -0.05) is 12.1 Å². The summed E-state index contributed by atoms with van der Waals surface area (Å²) in [6.07, 6.45) is 3.68. The lowest BCUT2D eigenvalue weighted by molar-refractivity contribution is -0.119. The van der Waals surface area contributed by atoms with Crippen molar-refractivity contribution in [3.63, 3.8) is 0 Å². The molecule has 0 spiro atoms. The number of aryl methyl sites for hydroxylation is 1. The fraction of sp³-hybridized carbons (Fsp3) is 0.611. The Morgan fingerprint density at radius 1 is 1.22 bits per heavy atom. The number of halogens is 1. The molecule has 0 aliphatic carbocycles. The van der Waals surface area contributed by atoms with Crippen molar-refractivity contribution in [3.8, 4) is 5.75 Å². The summed E-state index contributed by atoms with van der Waals surface area (Å²) in [6, 6.07) is 6.46. The van der Waals surface area contributed by atoms with Crippen LogP contribution in [-0.4, -0.2) is 23.6 Å². The molecule has 0 radical (unpaired) electrons. The highest BCUT2D eigenvalue weighted by Crippen LogP contribution is 2.33. The van der Waals surface area contributed by atoms with Crippen molar-refractivity contribution in [1.82, 2.24) is 10.6 Å². The molecule has 1 aromatic carbocycles. The molecule has 1 aromatic rings. The van der Waals surface area contributed by atoms with E-state index in [2.05, 4.69) is 49.6 Å². The first-order valence-electron chi connectivity index (χ1n) is 8.18. The molecule has 1 atom stereocenters. The molecule has 1 saturated heterocycles. The smallest absolute Gasteiger partial charge is 0.220 e. The number of hydrogen-bond acceptors (Lipinski definition) is 3. The third-order valence-electron chi connectivity index (χ3n) is 4.70. The third kappa shape index (κ3) is 4.39. The van der Waals surface area contributed by atoms with Gasteiger partial charge >= 0.3 is 0 Å². The summed E-state index contributed by atoms with van der Waals surface area (Å²) in [5, 5.41) is 6.53. The van der Waals surface area contributed by atoms with Gasteiger partial charge in [0.2, 0.25) is 5.91 Å². The van der Waals surface area contributed by atoms with Crippen molar-refractivity contribution in [2.75, 3.05) is 6.54 Å². The van der Waals surface area contributed by atoms with E-state index in [9.17, 15) is 4.79 Å². The van der Waals surface area contributed by atoms with Crippen LogP contribution in [0.15, 0.2) is 18.2 Å². The van der Waals surface area contributed by atoms with E-state index in [1.54, 1.807) is 0 Å². The van der Waals surface area contributed by atoms with Crippen molar-refractivity contribution < 1.29 is 9.53 Å². The lowest BCUT2D eigenvalue weighted by Crippen LogP contribution is -2.46. The molecule has 1 unspecified atom stereocenters. The zero-order valence-corrected chi connectivity index (χ0v) is 15.0. The van der Waals surface area contributed by atoms with Gasteiger partial charge in [0.15, 0.2) is 0 Å². The Balaban J connectivity index is 0.00000192. The Morgan fingerprint density at radius 3 is 2.70 bits per heavy atom. The van der Waals surface area contributed by atoms with Crippen LogP contribution < -0.4 is 15.4 Å². The molecular weight excluding hydrogens is 312 g/mol. The van der Waals surface area contributed by atoms with Gasteiger partial charge in [0.25, 0.3) is 0 Å². The molecule has 4 nitrogen and oxygen atoms in total. The largest absolute Gasteiger partial charge is 0.488 e. The SMILES string of the molecule is CC1(CNCc2ccc3c(c2)CCC(C)(C)O3)CCC(=O)N1.Cl. The van der Waals surface area contributed by atoms with E-state index in [1.807, 2.05) is 0 Å². The summed E-state index contributed by atoms with van der Waals surface area (Å²) in [5.41, 5.74) is 2.43. The number of hydrogen-bond donors (Lipinski definition) is 2. The molecular formula is C18H27ClN2O2. The molecule has 128 valence electrons. The van der Waals surface area contributed by atoms with E-state index < -0.39 is 0 Å². The van der Waals surface area contributed by atoms with Crippen LogP contribution in [0.1, 0.15) is 51.2 Å². The van der Waals surface area contributed by atoms with Crippen molar-refractivity contribution >= 4 is 18.3 Å². The molecule has 0 saturated carbocycles. The normalized spacial score (nSPS) is 25.1. The summed E-state index contributed by atoms with van der Waals surface area (Å²) in [5.74, 6) is 1.19. The minimum Gasteiger partial charge on any atom is -0.488 e. The molecule has 0 bridgehead atoms. The monoisotopic (exact) mass is 338 g/mol. The van der Waals surface area contributed by atoms with Crippen LogP contribution in [0.5, 0.6) is 5.75 Å². The van der Waals surface area contributed by atoms with Crippen LogP contribution in [0.2, 0.25) is 0 Å². The second kappa shape index (κ2) is 6.70. The number of rotatable bonds is 4. The van der Waals surface area contributed by atoms with Gasteiger partial charge in [0, 0.05) is 19.5 Å². The van der Waals surface area contributed by atoms with Gasteiger partial charge < -0.3 is 15.4 Å². The molecule has 2 heterocycles. The van der Waals surface area contributed by atoms with Gasteiger partial charge in [-0.25, -0.2) is 0 Å². The minimum absolute atomic E-state index is 0. The van der Waals surface area contributed by atoms with Crippen LogP contribution >= 0.6 is 12.4 Å². The summed E-state index contributed by atoms with van der Waals surface area (Å²) < 4.78 is 6.02. The second-order valence-electron chi connectivity index (χ2n) is 7.52. The third-order valence-corrected chi connectivity index (χ3v) is 4.70. The number of fused-ring (bicyclic) bond motifs is 1. The fourth-order valence-corrected chi connectivity index (χ4v) is 3.29. The second-order valence-corrected chi connectivity index (χ2v) is 7.52. The predicted octanol–water partition coefficient (Wildman–Crippen LogP) is 2.97. The van der Waals surface area contributed by atoms with Gasteiger partial charge in [-0.05, 0) is 57.2 Å². The van der Waals surface area contributed by atoms with E-state index in [0.717, 1.165) is 38.1 Å². The maximum absolute atomic E-state index is 11.4. The molecule has 1 amide bonds. The van der Waals surface area contributed by atoms with Crippen molar-refractivity contribution in [1.29, 1.82) is 0 Å². The summed E-state index contributed by atoms with van der Waals surface area (Å²) in [4.78, 5) is 11.4.